The van der Waals surface area contributed by atoms with E-state index in [1.165, 1.54) is 0 Å². The zero-order valence-electron chi connectivity index (χ0n) is 13.8. The van der Waals surface area contributed by atoms with Crippen molar-refractivity contribution >= 4 is 34.4 Å². The van der Waals surface area contributed by atoms with E-state index in [0.717, 1.165) is 17.5 Å². The molecule has 2 amide bonds. The van der Waals surface area contributed by atoms with Gasteiger partial charge in [0.05, 0.1) is 17.1 Å². The normalized spacial score (nSPS) is 17.3. The van der Waals surface area contributed by atoms with Gasteiger partial charge in [0.25, 0.3) is 0 Å². The number of halogens is 1. The molecule has 1 aliphatic heterocycles. The molecule has 2 aromatic rings. The van der Waals surface area contributed by atoms with Gasteiger partial charge in [-0.3, -0.25) is 9.59 Å². The lowest BCUT2D eigenvalue weighted by Gasteiger charge is -2.26. The van der Waals surface area contributed by atoms with Crippen molar-refractivity contribution in [3.05, 3.63) is 29.0 Å². The zero-order chi connectivity index (χ0) is 17.3. The molecule has 0 radical (unpaired) electrons. The van der Waals surface area contributed by atoms with Crippen LogP contribution in [0, 0.1) is 0 Å². The monoisotopic (exact) mass is 348 g/mol. The largest absolute Gasteiger partial charge is 0.345 e. The Hall–Kier alpha value is -2.08. The third-order valence-electron chi connectivity index (χ3n) is 4.41. The summed E-state index contributed by atoms with van der Waals surface area (Å²) in [6, 6.07) is 4.73. The molecule has 2 N–H and O–H groups in total. The second kappa shape index (κ2) is 6.81. The highest BCUT2D eigenvalue weighted by atomic mass is 35.5. The molecule has 7 heteroatoms. The predicted octanol–water partition coefficient (Wildman–Crippen LogP) is 2.79. The van der Waals surface area contributed by atoms with Crippen LogP contribution in [-0.4, -0.2) is 39.3 Å². The SMILES string of the molecule is CC[C@@H](C(=O)N[C@H](C)c1nc2ccc(Cl)cc2[nH]1)N1CCCC1=O. The standard InChI is InChI=1S/C17H21ClN4O2/c1-3-14(22-8-4-5-15(22)23)17(24)19-10(2)16-20-12-7-6-11(18)9-13(12)21-16/h6-7,9-10,14H,3-5,8H2,1-2H3,(H,19,24)(H,20,21)/t10-,14+/m1/s1. The Kier molecular flexibility index (Phi) is 4.76. The summed E-state index contributed by atoms with van der Waals surface area (Å²) in [5.41, 5.74) is 1.64. The number of H-pyrrole nitrogens is 1. The van der Waals surface area contributed by atoms with Crippen LogP contribution in [0.4, 0.5) is 0 Å². The number of carbonyl (C=O) groups excluding carboxylic acids is 2. The topological polar surface area (TPSA) is 78.1 Å². The lowest BCUT2D eigenvalue weighted by Crippen LogP contribution is -2.47. The van der Waals surface area contributed by atoms with Gasteiger partial charge >= 0.3 is 0 Å². The first-order valence-electron chi connectivity index (χ1n) is 8.24. The number of benzene rings is 1. The van der Waals surface area contributed by atoms with E-state index in [9.17, 15) is 9.59 Å². The van der Waals surface area contributed by atoms with E-state index < -0.39 is 6.04 Å². The van der Waals surface area contributed by atoms with Gasteiger partial charge in [-0.15, -0.1) is 0 Å². The molecule has 128 valence electrons. The third kappa shape index (κ3) is 3.24. The maximum absolute atomic E-state index is 12.6. The van der Waals surface area contributed by atoms with Gasteiger partial charge in [-0.05, 0) is 38.0 Å². The Morgan fingerprint density at radius 1 is 1.50 bits per heavy atom. The summed E-state index contributed by atoms with van der Waals surface area (Å²) in [5, 5.41) is 3.59. The second-order valence-corrected chi connectivity index (χ2v) is 6.56. The van der Waals surface area contributed by atoms with Crippen LogP contribution in [-0.2, 0) is 9.59 Å². The molecule has 0 spiro atoms. The molecular formula is C17H21ClN4O2. The van der Waals surface area contributed by atoms with Crippen LogP contribution >= 0.6 is 11.6 Å². The number of likely N-dealkylation sites (tertiary alicyclic amines) is 1. The van der Waals surface area contributed by atoms with E-state index in [1.54, 1.807) is 17.0 Å². The van der Waals surface area contributed by atoms with Crippen LogP contribution in [0.3, 0.4) is 0 Å². The molecule has 3 rings (SSSR count). The molecule has 24 heavy (non-hydrogen) atoms. The second-order valence-electron chi connectivity index (χ2n) is 6.13. The van der Waals surface area contributed by atoms with E-state index in [4.69, 9.17) is 11.6 Å². The van der Waals surface area contributed by atoms with Gasteiger partial charge in [0.15, 0.2) is 0 Å². The Morgan fingerprint density at radius 3 is 2.96 bits per heavy atom. The first kappa shape index (κ1) is 16.8. The van der Waals surface area contributed by atoms with Crippen LogP contribution in [0.25, 0.3) is 11.0 Å². The van der Waals surface area contributed by atoms with E-state index in [0.29, 0.717) is 30.2 Å². The van der Waals surface area contributed by atoms with Crippen molar-refractivity contribution in [3.63, 3.8) is 0 Å². The van der Waals surface area contributed by atoms with E-state index in [2.05, 4.69) is 15.3 Å². The minimum absolute atomic E-state index is 0.0584. The van der Waals surface area contributed by atoms with Gasteiger partial charge < -0.3 is 15.2 Å². The lowest BCUT2D eigenvalue weighted by atomic mass is 10.1. The van der Waals surface area contributed by atoms with Crippen molar-refractivity contribution in [3.8, 4) is 0 Å². The number of carbonyl (C=O) groups is 2. The number of nitrogens with one attached hydrogen (secondary N) is 2. The molecule has 6 nitrogen and oxygen atoms in total. The molecule has 2 atom stereocenters. The van der Waals surface area contributed by atoms with E-state index in [1.807, 2.05) is 19.9 Å². The van der Waals surface area contributed by atoms with Crippen LogP contribution in [0.2, 0.25) is 5.02 Å². The van der Waals surface area contributed by atoms with Crippen molar-refractivity contribution in [2.24, 2.45) is 0 Å². The average Bonchev–Trinajstić information content (AvgIpc) is 3.14. The molecule has 1 aliphatic rings. The molecule has 2 heterocycles. The average molecular weight is 349 g/mol. The summed E-state index contributed by atoms with van der Waals surface area (Å²) < 4.78 is 0. The number of fused-ring (bicyclic) bond motifs is 1. The van der Waals surface area contributed by atoms with Gasteiger partial charge in [-0.2, -0.15) is 0 Å². The molecule has 1 saturated heterocycles. The zero-order valence-corrected chi connectivity index (χ0v) is 14.6. The fraction of sp³-hybridized carbons (Fsp3) is 0.471. The fourth-order valence-electron chi connectivity index (χ4n) is 3.13. The van der Waals surface area contributed by atoms with E-state index in [-0.39, 0.29) is 17.9 Å². The molecule has 0 bridgehead atoms. The highest BCUT2D eigenvalue weighted by molar-refractivity contribution is 6.31. The third-order valence-corrected chi connectivity index (χ3v) is 4.64. The quantitative estimate of drug-likeness (QED) is 0.872. The summed E-state index contributed by atoms with van der Waals surface area (Å²) in [4.78, 5) is 33.9. The summed E-state index contributed by atoms with van der Waals surface area (Å²) in [5.74, 6) is 0.588. The highest BCUT2D eigenvalue weighted by Crippen LogP contribution is 2.21. The maximum Gasteiger partial charge on any atom is 0.243 e. The first-order chi connectivity index (χ1) is 11.5. The summed E-state index contributed by atoms with van der Waals surface area (Å²) in [6.45, 7) is 4.45. The number of aromatic nitrogens is 2. The van der Waals surface area contributed by atoms with Crippen LogP contribution in [0.15, 0.2) is 18.2 Å². The Balaban J connectivity index is 1.73. The smallest absolute Gasteiger partial charge is 0.243 e. The number of imidazole rings is 1. The van der Waals surface area contributed by atoms with Crippen LogP contribution in [0.5, 0.6) is 0 Å². The van der Waals surface area contributed by atoms with Gasteiger partial charge in [0.2, 0.25) is 11.8 Å². The summed E-state index contributed by atoms with van der Waals surface area (Å²) in [6.07, 6.45) is 1.95. The Labute approximate surface area is 145 Å². The van der Waals surface area contributed by atoms with Gasteiger partial charge in [-0.25, -0.2) is 4.98 Å². The van der Waals surface area contributed by atoms with E-state index >= 15 is 0 Å². The minimum Gasteiger partial charge on any atom is -0.345 e. The minimum atomic E-state index is -0.415. The van der Waals surface area contributed by atoms with Crippen LogP contribution < -0.4 is 5.32 Å². The predicted molar refractivity (Wildman–Crippen MR) is 92.7 cm³/mol. The number of rotatable bonds is 5. The number of hydrogen-bond donors (Lipinski definition) is 2. The lowest BCUT2D eigenvalue weighted by molar-refractivity contribution is -0.137. The van der Waals surface area contributed by atoms with Crippen molar-refractivity contribution in [2.75, 3.05) is 6.54 Å². The van der Waals surface area contributed by atoms with Crippen molar-refractivity contribution in [1.29, 1.82) is 0 Å². The summed E-state index contributed by atoms with van der Waals surface area (Å²) in [7, 11) is 0. The van der Waals surface area contributed by atoms with Crippen LogP contribution in [0.1, 0.15) is 45.0 Å². The van der Waals surface area contributed by atoms with Crippen molar-refractivity contribution < 1.29 is 9.59 Å². The molecule has 1 aromatic heterocycles. The molecule has 0 aliphatic carbocycles. The maximum atomic E-state index is 12.6. The molecule has 0 unspecified atom stereocenters. The number of amides is 2. The molecule has 1 fully saturated rings. The highest BCUT2D eigenvalue weighted by Gasteiger charge is 2.32. The molecular weight excluding hydrogens is 328 g/mol. The number of hydrogen-bond acceptors (Lipinski definition) is 3. The fourth-order valence-corrected chi connectivity index (χ4v) is 3.30. The van der Waals surface area contributed by atoms with Crippen molar-refractivity contribution in [2.45, 2.75) is 45.2 Å². The van der Waals surface area contributed by atoms with Crippen molar-refractivity contribution in [1.82, 2.24) is 20.2 Å². The molecule has 0 saturated carbocycles. The van der Waals surface area contributed by atoms with Gasteiger partial charge in [0, 0.05) is 18.0 Å². The summed E-state index contributed by atoms with van der Waals surface area (Å²) >= 11 is 5.98. The molecule has 1 aromatic carbocycles. The Morgan fingerprint density at radius 2 is 2.29 bits per heavy atom. The Bertz CT molecular complexity index is 773. The van der Waals surface area contributed by atoms with Gasteiger partial charge in [-0.1, -0.05) is 18.5 Å². The van der Waals surface area contributed by atoms with Gasteiger partial charge in [0.1, 0.15) is 11.9 Å². The number of aromatic amines is 1. The first-order valence-corrected chi connectivity index (χ1v) is 8.62. The number of nitrogens with zero attached hydrogens (tertiary/aromatic N) is 2.